The van der Waals surface area contributed by atoms with Crippen LogP contribution in [0.25, 0.3) is 0 Å². The number of ether oxygens (including phenoxy) is 1. The Labute approximate surface area is 103 Å². The number of amides is 1. The van der Waals surface area contributed by atoms with Gasteiger partial charge in [-0.3, -0.25) is 0 Å². The minimum atomic E-state index is -0.149. The fourth-order valence-electron chi connectivity index (χ4n) is 2.64. The number of nitrogens with zero attached hydrogens (tertiary/aromatic N) is 1. The van der Waals surface area contributed by atoms with Crippen LogP contribution in [-0.2, 0) is 4.74 Å². The standard InChI is InChI=1S/C12H23NO2S/c1-6-15-12(14)13-7-10(16-5)9(4)11(13)8(2)3/h8-11H,6-7H2,1-5H3/t9-,10?,11-/m0/s1. The van der Waals surface area contributed by atoms with Crippen molar-refractivity contribution in [3.63, 3.8) is 0 Å². The molecular formula is C12H23NO2S. The second-order valence-corrected chi connectivity index (χ2v) is 5.80. The first-order chi connectivity index (χ1) is 7.52. The van der Waals surface area contributed by atoms with Crippen molar-refractivity contribution in [1.29, 1.82) is 0 Å². The maximum absolute atomic E-state index is 11.9. The van der Waals surface area contributed by atoms with E-state index in [1.807, 2.05) is 23.6 Å². The Morgan fingerprint density at radius 1 is 1.56 bits per heavy atom. The first-order valence-electron chi connectivity index (χ1n) is 5.99. The van der Waals surface area contributed by atoms with Gasteiger partial charge < -0.3 is 9.64 Å². The SMILES string of the molecule is CCOC(=O)N1CC(SC)[C@H](C)[C@@H]1C(C)C. The molecule has 1 aliphatic heterocycles. The molecule has 0 aromatic heterocycles. The van der Waals surface area contributed by atoms with Crippen LogP contribution in [0.2, 0.25) is 0 Å². The molecule has 0 radical (unpaired) electrons. The van der Waals surface area contributed by atoms with Gasteiger partial charge in [0.25, 0.3) is 0 Å². The summed E-state index contributed by atoms with van der Waals surface area (Å²) in [5.74, 6) is 1.02. The highest BCUT2D eigenvalue weighted by Crippen LogP contribution is 2.35. The number of rotatable bonds is 3. The van der Waals surface area contributed by atoms with Gasteiger partial charge in [0, 0.05) is 17.8 Å². The van der Waals surface area contributed by atoms with Gasteiger partial charge in [-0.05, 0) is 25.0 Å². The average molecular weight is 245 g/mol. The molecule has 0 aliphatic carbocycles. The van der Waals surface area contributed by atoms with Crippen LogP contribution in [-0.4, -0.2) is 41.7 Å². The molecule has 1 fully saturated rings. The molecule has 0 N–H and O–H groups in total. The molecule has 3 atom stereocenters. The lowest BCUT2D eigenvalue weighted by Crippen LogP contribution is -2.41. The van der Waals surface area contributed by atoms with Gasteiger partial charge in [0.05, 0.1) is 6.61 Å². The number of likely N-dealkylation sites (tertiary alicyclic amines) is 1. The first-order valence-corrected chi connectivity index (χ1v) is 7.27. The lowest BCUT2D eigenvalue weighted by atomic mass is 9.93. The van der Waals surface area contributed by atoms with E-state index in [0.717, 1.165) is 6.54 Å². The van der Waals surface area contributed by atoms with Gasteiger partial charge in [0.15, 0.2) is 0 Å². The van der Waals surface area contributed by atoms with Crippen molar-refractivity contribution in [1.82, 2.24) is 4.90 Å². The zero-order valence-corrected chi connectivity index (χ0v) is 11.7. The molecule has 0 spiro atoms. The van der Waals surface area contributed by atoms with Crippen molar-refractivity contribution in [3.05, 3.63) is 0 Å². The first kappa shape index (κ1) is 13.7. The quantitative estimate of drug-likeness (QED) is 0.765. The summed E-state index contributed by atoms with van der Waals surface area (Å²) in [4.78, 5) is 13.8. The number of hydrogen-bond donors (Lipinski definition) is 0. The molecule has 1 heterocycles. The summed E-state index contributed by atoms with van der Waals surface area (Å²) in [5.41, 5.74) is 0. The summed E-state index contributed by atoms with van der Waals surface area (Å²) >= 11 is 1.85. The molecule has 0 bridgehead atoms. The van der Waals surface area contributed by atoms with Crippen LogP contribution < -0.4 is 0 Å². The normalized spacial score (nSPS) is 29.9. The summed E-state index contributed by atoms with van der Waals surface area (Å²) in [7, 11) is 0. The van der Waals surface area contributed by atoms with Crippen molar-refractivity contribution in [2.45, 2.75) is 39.0 Å². The Morgan fingerprint density at radius 3 is 2.62 bits per heavy atom. The van der Waals surface area contributed by atoms with E-state index in [4.69, 9.17) is 4.74 Å². The Balaban J connectivity index is 2.78. The van der Waals surface area contributed by atoms with E-state index in [0.29, 0.717) is 29.7 Å². The summed E-state index contributed by atoms with van der Waals surface area (Å²) in [6.07, 6.45) is 1.97. The molecule has 1 amide bonds. The van der Waals surface area contributed by atoms with Crippen molar-refractivity contribution < 1.29 is 9.53 Å². The highest BCUT2D eigenvalue weighted by Gasteiger charge is 2.43. The van der Waals surface area contributed by atoms with Gasteiger partial charge in [-0.2, -0.15) is 11.8 Å². The fraction of sp³-hybridized carbons (Fsp3) is 0.917. The average Bonchev–Trinajstić information content (AvgIpc) is 2.55. The summed E-state index contributed by atoms with van der Waals surface area (Å²) in [5, 5.41) is 0.539. The van der Waals surface area contributed by atoms with Crippen LogP contribution in [0.15, 0.2) is 0 Å². The van der Waals surface area contributed by atoms with Gasteiger partial charge in [-0.25, -0.2) is 4.79 Å². The van der Waals surface area contributed by atoms with Crippen molar-refractivity contribution in [3.8, 4) is 0 Å². The van der Waals surface area contributed by atoms with E-state index in [2.05, 4.69) is 27.0 Å². The van der Waals surface area contributed by atoms with E-state index in [9.17, 15) is 4.79 Å². The minimum Gasteiger partial charge on any atom is -0.450 e. The molecule has 1 saturated heterocycles. The van der Waals surface area contributed by atoms with E-state index in [1.165, 1.54) is 0 Å². The fourth-order valence-corrected chi connectivity index (χ4v) is 3.54. The molecule has 1 aliphatic rings. The predicted molar refractivity (Wildman–Crippen MR) is 68.8 cm³/mol. The zero-order chi connectivity index (χ0) is 12.3. The van der Waals surface area contributed by atoms with E-state index >= 15 is 0 Å². The monoisotopic (exact) mass is 245 g/mol. The second-order valence-electron chi connectivity index (χ2n) is 4.72. The highest BCUT2D eigenvalue weighted by molar-refractivity contribution is 7.99. The number of thioether (sulfide) groups is 1. The summed E-state index contributed by atoms with van der Waals surface area (Å²) < 4.78 is 5.13. The van der Waals surface area contributed by atoms with Gasteiger partial charge in [0.1, 0.15) is 0 Å². The van der Waals surface area contributed by atoms with Crippen molar-refractivity contribution >= 4 is 17.9 Å². The summed E-state index contributed by atoms with van der Waals surface area (Å²) in [6, 6.07) is 0.316. The van der Waals surface area contributed by atoms with Crippen LogP contribution in [0.4, 0.5) is 4.79 Å². The van der Waals surface area contributed by atoms with Crippen LogP contribution in [0.1, 0.15) is 27.7 Å². The van der Waals surface area contributed by atoms with Gasteiger partial charge >= 0.3 is 6.09 Å². The third kappa shape index (κ3) is 2.65. The van der Waals surface area contributed by atoms with Gasteiger partial charge in [0.2, 0.25) is 0 Å². The van der Waals surface area contributed by atoms with E-state index in [-0.39, 0.29) is 6.09 Å². The maximum Gasteiger partial charge on any atom is 0.410 e. The van der Waals surface area contributed by atoms with Crippen LogP contribution >= 0.6 is 11.8 Å². The molecular weight excluding hydrogens is 222 g/mol. The molecule has 16 heavy (non-hydrogen) atoms. The van der Waals surface area contributed by atoms with Crippen LogP contribution in [0.5, 0.6) is 0 Å². The molecule has 3 nitrogen and oxygen atoms in total. The molecule has 94 valence electrons. The minimum absolute atomic E-state index is 0.149. The van der Waals surface area contributed by atoms with Crippen molar-refractivity contribution in [2.24, 2.45) is 11.8 Å². The van der Waals surface area contributed by atoms with Crippen molar-refractivity contribution in [2.75, 3.05) is 19.4 Å². The maximum atomic E-state index is 11.9. The number of hydrogen-bond acceptors (Lipinski definition) is 3. The molecule has 1 rings (SSSR count). The molecule has 0 saturated carbocycles. The summed E-state index contributed by atoms with van der Waals surface area (Å²) in [6.45, 7) is 9.73. The third-order valence-electron chi connectivity index (χ3n) is 3.35. The largest absolute Gasteiger partial charge is 0.450 e. The van der Waals surface area contributed by atoms with E-state index in [1.54, 1.807) is 0 Å². The zero-order valence-electron chi connectivity index (χ0n) is 10.9. The van der Waals surface area contributed by atoms with Crippen LogP contribution in [0.3, 0.4) is 0 Å². The number of carbonyl (C=O) groups is 1. The lowest BCUT2D eigenvalue weighted by Gasteiger charge is -2.29. The Hall–Kier alpha value is -0.380. The van der Waals surface area contributed by atoms with E-state index < -0.39 is 0 Å². The second kappa shape index (κ2) is 5.80. The molecule has 1 unspecified atom stereocenters. The Kier molecular flexibility index (Phi) is 4.96. The Morgan fingerprint density at radius 2 is 2.19 bits per heavy atom. The van der Waals surface area contributed by atoms with Gasteiger partial charge in [-0.15, -0.1) is 0 Å². The van der Waals surface area contributed by atoms with Gasteiger partial charge in [-0.1, -0.05) is 20.8 Å². The topological polar surface area (TPSA) is 29.5 Å². The molecule has 0 aromatic carbocycles. The number of carbonyl (C=O) groups excluding carboxylic acids is 1. The molecule has 4 heteroatoms. The highest BCUT2D eigenvalue weighted by atomic mass is 32.2. The predicted octanol–water partition coefficient (Wildman–Crippen LogP) is 2.85. The van der Waals surface area contributed by atoms with Crippen LogP contribution in [0, 0.1) is 11.8 Å². The Bertz CT molecular complexity index is 245. The molecule has 0 aromatic rings. The smallest absolute Gasteiger partial charge is 0.410 e. The lowest BCUT2D eigenvalue weighted by molar-refractivity contribution is 0.0895. The third-order valence-corrected chi connectivity index (χ3v) is 4.53.